The van der Waals surface area contributed by atoms with E-state index < -0.39 is 11.0 Å². The number of nitro groups is 1. The van der Waals surface area contributed by atoms with Crippen molar-refractivity contribution in [2.75, 3.05) is 19.7 Å². The van der Waals surface area contributed by atoms with Gasteiger partial charge in [0, 0.05) is 30.6 Å². The number of thiazole rings is 1. The molecule has 11 heteroatoms. The molecule has 1 aromatic carbocycles. The van der Waals surface area contributed by atoms with Gasteiger partial charge in [0.2, 0.25) is 0 Å². The Kier molecular flexibility index (Phi) is 11.6. The van der Waals surface area contributed by atoms with Crippen LogP contribution in [0.2, 0.25) is 0 Å². The van der Waals surface area contributed by atoms with Crippen LogP contribution in [0.5, 0.6) is 5.75 Å². The first-order valence-corrected chi connectivity index (χ1v) is 10.3. The highest BCUT2D eigenvalue weighted by atomic mass is 127. The predicted molar refractivity (Wildman–Crippen MR) is 129 cm³/mol. The molecule has 0 aliphatic heterocycles. The first kappa shape index (κ1) is 26.0. The maximum absolute atomic E-state index is 10.7. The number of aliphatic hydroxyl groups excluding tert-OH is 1. The van der Waals surface area contributed by atoms with Crippen molar-refractivity contribution in [2.45, 2.75) is 39.3 Å². The van der Waals surface area contributed by atoms with Crippen molar-refractivity contribution in [1.29, 1.82) is 0 Å². The Bertz CT molecular complexity index is 814. The van der Waals surface area contributed by atoms with Crippen LogP contribution in [0.25, 0.3) is 0 Å². The molecule has 9 nitrogen and oxygen atoms in total. The summed E-state index contributed by atoms with van der Waals surface area (Å²) in [7, 11) is 0. The quantitative estimate of drug-likeness (QED) is 0.137. The Balaban J connectivity index is 0.00000450. The number of nitro benzene ring substituents is 1. The van der Waals surface area contributed by atoms with E-state index in [0.29, 0.717) is 30.7 Å². The number of guanidine groups is 1. The molecule has 30 heavy (non-hydrogen) atoms. The van der Waals surface area contributed by atoms with Gasteiger partial charge in [0.05, 0.1) is 17.2 Å². The zero-order valence-corrected chi connectivity index (χ0v) is 20.3. The smallest absolute Gasteiger partial charge is 0.269 e. The van der Waals surface area contributed by atoms with E-state index in [4.69, 9.17) is 4.74 Å². The summed E-state index contributed by atoms with van der Waals surface area (Å²) in [5.41, 5.74) is 1.06. The molecule has 0 aliphatic rings. The molecular weight excluding hydrogens is 521 g/mol. The molecule has 0 saturated carbocycles. The normalized spacial score (nSPS) is 12.2. The maximum Gasteiger partial charge on any atom is 0.269 e. The molecule has 1 aromatic heterocycles. The number of hydrogen-bond donors (Lipinski definition) is 3. The predicted octanol–water partition coefficient (Wildman–Crippen LogP) is 3.29. The molecule has 1 unspecified atom stereocenters. The lowest BCUT2D eigenvalue weighted by Crippen LogP contribution is -2.42. The summed E-state index contributed by atoms with van der Waals surface area (Å²) in [6, 6.07) is 5.73. The Hall–Kier alpha value is -1.99. The van der Waals surface area contributed by atoms with E-state index in [-0.39, 0.29) is 42.8 Å². The highest BCUT2D eigenvalue weighted by Crippen LogP contribution is 2.18. The molecular formula is C19H28IN5O4S. The molecule has 0 saturated heterocycles. The minimum atomic E-state index is -0.776. The fourth-order valence-corrected chi connectivity index (χ4v) is 3.16. The Morgan fingerprint density at radius 1 is 1.33 bits per heavy atom. The zero-order chi connectivity index (χ0) is 21.2. The number of hydrogen-bond acceptors (Lipinski definition) is 7. The Morgan fingerprint density at radius 3 is 2.60 bits per heavy atom. The number of halogens is 1. The third-order valence-corrected chi connectivity index (χ3v) is 4.72. The molecule has 0 aliphatic carbocycles. The van der Waals surface area contributed by atoms with Gasteiger partial charge in [-0.1, -0.05) is 13.8 Å². The lowest BCUT2D eigenvalue weighted by molar-refractivity contribution is -0.384. The van der Waals surface area contributed by atoms with Gasteiger partial charge in [-0.15, -0.1) is 35.3 Å². The van der Waals surface area contributed by atoms with Gasteiger partial charge in [-0.2, -0.15) is 0 Å². The van der Waals surface area contributed by atoms with Gasteiger partial charge in [0.15, 0.2) is 5.96 Å². The molecule has 0 bridgehead atoms. The molecule has 166 valence electrons. The van der Waals surface area contributed by atoms with E-state index in [9.17, 15) is 15.2 Å². The standard InChI is InChI=1S/C19H27N5O4S.HI/c1-4-20-19(22-10-18-23-17(12-29-18)13(2)3)21-9-15(25)11-28-16-7-5-14(6-8-16)24(26)27;/h5-8,12-13,15,25H,4,9-11H2,1-3H3,(H2,20,21,22);1H. The number of aliphatic imine (C=N–C) groups is 1. The number of aliphatic hydroxyl groups is 1. The van der Waals surface area contributed by atoms with Crippen molar-refractivity contribution in [1.82, 2.24) is 15.6 Å². The van der Waals surface area contributed by atoms with Crippen LogP contribution in [0.1, 0.15) is 37.4 Å². The first-order valence-electron chi connectivity index (χ1n) is 9.40. The van der Waals surface area contributed by atoms with Gasteiger partial charge in [0.25, 0.3) is 5.69 Å². The SMILES string of the molecule is CCNC(=NCc1nc(C(C)C)cs1)NCC(O)COc1ccc([N+](=O)[O-])cc1.I. The third-order valence-electron chi connectivity index (χ3n) is 3.87. The molecule has 0 spiro atoms. The van der Waals surface area contributed by atoms with Crippen LogP contribution in [0.4, 0.5) is 5.69 Å². The Labute approximate surface area is 197 Å². The van der Waals surface area contributed by atoms with Gasteiger partial charge in [0.1, 0.15) is 23.5 Å². The summed E-state index contributed by atoms with van der Waals surface area (Å²) >= 11 is 1.59. The minimum absolute atomic E-state index is 0. The van der Waals surface area contributed by atoms with E-state index >= 15 is 0 Å². The van der Waals surface area contributed by atoms with Crippen LogP contribution < -0.4 is 15.4 Å². The van der Waals surface area contributed by atoms with Crippen LogP contribution in [-0.4, -0.2) is 46.8 Å². The van der Waals surface area contributed by atoms with E-state index in [1.165, 1.54) is 24.3 Å². The van der Waals surface area contributed by atoms with E-state index in [1.54, 1.807) is 11.3 Å². The van der Waals surface area contributed by atoms with Crippen molar-refractivity contribution >= 4 is 47.0 Å². The zero-order valence-electron chi connectivity index (χ0n) is 17.2. The van der Waals surface area contributed by atoms with Gasteiger partial charge >= 0.3 is 0 Å². The minimum Gasteiger partial charge on any atom is -0.491 e. The van der Waals surface area contributed by atoms with E-state index in [0.717, 1.165) is 10.7 Å². The largest absolute Gasteiger partial charge is 0.491 e. The van der Waals surface area contributed by atoms with Crippen molar-refractivity contribution < 1.29 is 14.8 Å². The molecule has 1 heterocycles. The second-order valence-electron chi connectivity index (χ2n) is 6.61. The fraction of sp³-hybridized carbons (Fsp3) is 0.474. The van der Waals surface area contributed by atoms with Crippen molar-refractivity contribution in [3.8, 4) is 5.75 Å². The average molecular weight is 549 g/mol. The first-order chi connectivity index (χ1) is 13.9. The number of ether oxygens (including phenoxy) is 1. The topological polar surface area (TPSA) is 122 Å². The molecule has 1 atom stereocenters. The van der Waals surface area contributed by atoms with Crippen LogP contribution in [0, 0.1) is 10.1 Å². The van der Waals surface area contributed by atoms with Crippen LogP contribution in [0.3, 0.4) is 0 Å². The van der Waals surface area contributed by atoms with Gasteiger partial charge in [-0.3, -0.25) is 10.1 Å². The number of non-ortho nitro benzene ring substituents is 1. The number of aromatic nitrogens is 1. The van der Waals surface area contributed by atoms with Crippen LogP contribution >= 0.6 is 35.3 Å². The van der Waals surface area contributed by atoms with Gasteiger partial charge < -0.3 is 20.5 Å². The molecule has 0 radical (unpaired) electrons. The summed E-state index contributed by atoms with van der Waals surface area (Å²) in [5, 5.41) is 30.0. The second-order valence-corrected chi connectivity index (χ2v) is 7.56. The number of nitrogens with zero attached hydrogens (tertiary/aromatic N) is 3. The number of rotatable bonds is 10. The highest BCUT2D eigenvalue weighted by molar-refractivity contribution is 14.0. The van der Waals surface area contributed by atoms with Crippen LogP contribution in [0.15, 0.2) is 34.6 Å². The lowest BCUT2D eigenvalue weighted by atomic mass is 10.2. The molecule has 0 amide bonds. The highest BCUT2D eigenvalue weighted by Gasteiger charge is 2.10. The third kappa shape index (κ3) is 8.79. The monoisotopic (exact) mass is 549 g/mol. The summed E-state index contributed by atoms with van der Waals surface area (Å²) in [6.07, 6.45) is -0.776. The van der Waals surface area contributed by atoms with Gasteiger partial charge in [-0.05, 0) is 25.0 Å². The molecule has 2 rings (SSSR count). The molecule has 0 fully saturated rings. The summed E-state index contributed by atoms with van der Waals surface area (Å²) in [5.74, 6) is 1.43. The van der Waals surface area contributed by atoms with Crippen molar-refractivity contribution in [2.24, 2.45) is 4.99 Å². The number of benzene rings is 1. The lowest BCUT2D eigenvalue weighted by Gasteiger charge is -2.15. The molecule has 3 N–H and O–H groups in total. The molecule has 2 aromatic rings. The summed E-state index contributed by atoms with van der Waals surface area (Å²) < 4.78 is 5.47. The average Bonchev–Trinajstić information content (AvgIpc) is 3.18. The van der Waals surface area contributed by atoms with E-state index in [2.05, 4.69) is 39.8 Å². The van der Waals surface area contributed by atoms with E-state index in [1.807, 2.05) is 6.92 Å². The summed E-state index contributed by atoms with van der Waals surface area (Å²) in [6.45, 7) is 7.62. The summed E-state index contributed by atoms with van der Waals surface area (Å²) in [4.78, 5) is 19.2. The van der Waals surface area contributed by atoms with Crippen molar-refractivity contribution in [3.05, 3.63) is 50.5 Å². The Morgan fingerprint density at radius 2 is 2.03 bits per heavy atom. The number of nitrogens with one attached hydrogen (secondary N) is 2. The maximum atomic E-state index is 10.7. The second kappa shape index (κ2) is 13.3. The van der Waals surface area contributed by atoms with Gasteiger partial charge in [-0.25, -0.2) is 9.98 Å². The van der Waals surface area contributed by atoms with Crippen molar-refractivity contribution in [3.63, 3.8) is 0 Å². The fourth-order valence-electron chi connectivity index (χ4n) is 2.28. The van der Waals surface area contributed by atoms with Crippen LogP contribution in [-0.2, 0) is 6.54 Å².